The zero-order chi connectivity index (χ0) is 22.2. The van der Waals surface area contributed by atoms with E-state index >= 15 is 0 Å². The lowest BCUT2D eigenvalue weighted by Crippen LogP contribution is -2.11. The second-order valence-electron chi connectivity index (χ2n) is 7.03. The second kappa shape index (κ2) is 8.43. The Bertz CT molecular complexity index is 1430. The van der Waals surface area contributed by atoms with E-state index in [2.05, 4.69) is 21.2 Å². The van der Waals surface area contributed by atoms with Crippen LogP contribution in [0.4, 0.5) is 11.4 Å². The number of halogens is 2. The van der Waals surface area contributed by atoms with Crippen molar-refractivity contribution >= 4 is 66.4 Å². The average Bonchev–Trinajstić information content (AvgIpc) is 3.44. The molecule has 32 heavy (non-hydrogen) atoms. The Morgan fingerprint density at radius 2 is 1.84 bits per heavy atom. The topological polar surface area (TPSA) is 81.2 Å². The van der Waals surface area contributed by atoms with Crippen molar-refractivity contribution < 1.29 is 9.21 Å². The molecule has 0 aliphatic rings. The summed E-state index contributed by atoms with van der Waals surface area (Å²) in [5.41, 5.74) is 9.95. The number of nitrogens with zero attached hydrogens (tertiary/aromatic N) is 1. The summed E-state index contributed by atoms with van der Waals surface area (Å²) in [5.74, 6) is 0.364. The number of furan rings is 1. The Morgan fingerprint density at radius 1 is 1.09 bits per heavy atom. The first kappa shape index (κ1) is 20.8. The number of hydrogen-bond acceptors (Lipinski definition) is 5. The minimum Gasteiger partial charge on any atom is -0.464 e. The lowest BCUT2D eigenvalue weighted by Gasteiger charge is -2.07. The molecule has 0 saturated carbocycles. The largest absolute Gasteiger partial charge is 0.464 e. The van der Waals surface area contributed by atoms with Crippen molar-refractivity contribution in [2.45, 2.75) is 0 Å². The van der Waals surface area contributed by atoms with E-state index in [0.717, 1.165) is 21.3 Å². The monoisotopic (exact) mass is 523 g/mol. The van der Waals surface area contributed by atoms with E-state index in [1.165, 1.54) is 11.3 Å². The summed E-state index contributed by atoms with van der Waals surface area (Å²) >= 11 is 10.7. The first-order chi connectivity index (χ1) is 15.5. The lowest BCUT2D eigenvalue weighted by atomic mass is 10.0. The van der Waals surface area contributed by atoms with Crippen LogP contribution in [0.5, 0.6) is 0 Å². The van der Waals surface area contributed by atoms with Gasteiger partial charge in [0.1, 0.15) is 15.5 Å². The van der Waals surface area contributed by atoms with Crippen LogP contribution in [0.25, 0.3) is 32.8 Å². The molecule has 0 radical (unpaired) electrons. The zero-order valence-electron chi connectivity index (χ0n) is 16.4. The fourth-order valence-electron chi connectivity index (χ4n) is 3.41. The number of fused-ring (bicyclic) bond motifs is 1. The van der Waals surface area contributed by atoms with Gasteiger partial charge in [-0.1, -0.05) is 39.7 Å². The van der Waals surface area contributed by atoms with Gasteiger partial charge < -0.3 is 15.5 Å². The van der Waals surface area contributed by atoms with E-state index in [4.69, 9.17) is 26.7 Å². The Kier molecular flexibility index (Phi) is 5.46. The zero-order valence-corrected chi connectivity index (χ0v) is 19.6. The number of aromatic nitrogens is 1. The van der Waals surface area contributed by atoms with Gasteiger partial charge >= 0.3 is 0 Å². The Hall–Kier alpha value is -3.13. The molecule has 3 heterocycles. The van der Waals surface area contributed by atoms with Crippen molar-refractivity contribution in [3.8, 4) is 22.6 Å². The van der Waals surface area contributed by atoms with Crippen LogP contribution in [0.15, 0.2) is 81.9 Å². The molecule has 3 aromatic heterocycles. The number of rotatable bonds is 4. The predicted molar refractivity (Wildman–Crippen MR) is 134 cm³/mol. The van der Waals surface area contributed by atoms with Gasteiger partial charge in [0.2, 0.25) is 0 Å². The number of nitrogens with two attached hydrogens (primary N) is 1. The van der Waals surface area contributed by atoms with Crippen LogP contribution in [0.2, 0.25) is 5.02 Å². The minimum atomic E-state index is -0.286. The van der Waals surface area contributed by atoms with Gasteiger partial charge in [-0.05, 0) is 54.6 Å². The number of pyridine rings is 1. The maximum absolute atomic E-state index is 13.0. The van der Waals surface area contributed by atoms with Gasteiger partial charge in [-0.15, -0.1) is 11.3 Å². The number of nitrogens with one attached hydrogen (secondary N) is 1. The number of hydrogen-bond donors (Lipinski definition) is 2. The Labute approximate surface area is 201 Å². The van der Waals surface area contributed by atoms with Crippen molar-refractivity contribution in [2.75, 3.05) is 11.1 Å². The highest BCUT2D eigenvalue weighted by Gasteiger charge is 2.22. The van der Waals surface area contributed by atoms with Crippen molar-refractivity contribution in [3.63, 3.8) is 0 Å². The molecule has 2 aromatic carbocycles. The van der Waals surface area contributed by atoms with Crippen molar-refractivity contribution in [1.82, 2.24) is 4.98 Å². The molecule has 0 spiro atoms. The molecule has 5 aromatic rings. The first-order valence-electron chi connectivity index (χ1n) is 9.59. The first-order valence-corrected chi connectivity index (χ1v) is 11.6. The third-order valence-electron chi connectivity index (χ3n) is 4.93. The smallest absolute Gasteiger partial charge is 0.267 e. The summed E-state index contributed by atoms with van der Waals surface area (Å²) in [7, 11) is 0. The van der Waals surface area contributed by atoms with Gasteiger partial charge in [0.05, 0.1) is 17.6 Å². The molecule has 1 amide bonds. The number of nitrogen functional groups attached to an aromatic ring is 1. The van der Waals surface area contributed by atoms with Gasteiger partial charge in [0.15, 0.2) is 0 Å². The average molecular weight is 525 g/mol. The van der Waals surface area contributed by atoms with Crippen LogP contribution >= 0.6 is 38.9 Å². The quantitative estimate of drug-likeness (QED) is 0.255. The van der Waals surface area contributed by atoms with Crippen molar-refractivity contribution in [1.29, 1.82) is 0 Å². The normalized spacial score (nSPS) is 11.1. The third-order valence-corrected chi connectivity index (χ3v) is 6.81. The molecule has 0 unspecified atom stereocenters. The molecule has 8 heteroatoms. The molecule has 5 nitrogen and oxygen atoms in total. The van der Waals surface area contributed by atoms with E-state index in [1.807, 2.05) is 66.7 Å². The molecule has 0 aliphatic heterocycles. The molecule has 0 saturated heterocycles. The number of carbonyl (C=O) groups is 1. The van der Waals surface area contributed by atoms with E-state index in [1.54, 1.807) is 6.26 Å². The fraction of sp³-hybridized carbons (Fsp3) is 0. The maximum Gasteiger partial charge on any atom is 0.267 e. The van der Waals surface area contributed by atoms with Gasteiger partial charge in [-0.2, -0.15) is 0 Å². The molecule has 0 bridgehead atoms. The van der Waals surface area contributed by atoms with Gasteiger partial charge in [-0.25, -0.2) is 4.98 Å². The van der Waals surface area contributed by atoms with Crippen LogP contribution in [0.1, 0.15) is 9.67 Å². The summed E-state index contributed by atoms with van der Waals surface area (Å²) in [4.78, 5) is 18.9. The van der Waals surface area contributed by atoms with E-state index < -0.39 is 0 Å². The second-order valence-corrected chi connectivity index (χ2v) is 9.38. The van der Waals surface area contributed by atoms with Crippen LogP contribution < -0.4 is 11.1 Å². The van der Waals surface area contributed by atoms with E-state index in [9.17, 15) is 4.79 Å². The summed E-state index contributed by atoms with van der Waals surface area (Å²) in [6.45, 7) is 0. The number of carbonyl (C=O) groups excluding carboxylic acids is 1. The molecule has 5 rings (SSSR count). The Morgan fingerprint density at radius 3 is 2.53 bits per heavy atom. The van der Waals surface area contributed by atoms with E-state index in [0.29, 0.717) is 37.3 Å². The molecule has 0 atom stereocenters. The molecule has 158 valence electrons. The highest BCUT2D eigenvalue weighted by Crippen LogP contribution is 2.41. The SMILES string of the molecule is Nc1c(C(=O)Nc2ccc(Br)cc2)sc2nc(-c3ccc(Cl)cc3)cc(-c3ccco3)c12. The standard InChI is InChI=1S/C24H15BrClN3O2S/c25-14-5-9-16(10-6-14)28-23(30)22-21(27)20-17(19-2-1-11-31-19)12-18(29-24(20)32-22)13-3-7-15(26)8-4-13/h1-12H,27H2,(H,28,30). The summed E-state index contributed by atoms with van der Waals surface area (Å²) in [6.07, 6.45) is 1.60. The van der Waals surface area contributed by atoms with Gasteiger partial charge in [0.25, 0.3) is 5.91 Å². The highest BCUT2D eigenvalue weighted by molar-refractivity contribution is 9.10. The number of anilines is 2. The lowest BCUT2D eigenvalue weighted by molar-refractivity contribution is 0.103. The molecule has 0 fully saturated rings. The van der Waals surface area contributed by atoms with E-state index in [-0.39, 0.29) is 5.91 Å². The molecular weight excluding hydrogens is 510 g/mol. The van der Waals surface area contributed by atoms with Crippen molar-refractivity contribution in [2.24, 2.45) is 0 Å². The summed E-state index contributed by atoms with van der Waals surface area (Å²) in [5, 5.41) is 4.24. The maximum atomic E-state index is 13.0. The highest BCUT2D eigenvalue weighted by atomic mass is 79.9. The summed E-state index contributed by atoms with van der Waals surface area (Å²) < 4.78 is 6.59. The molecule has 3 N–H and O–H groups in total. The van der Waals surface area contributed by atoms with Crippen LogP contribution in [0, 0.1) is 0 Å². The fourth-order valence-corrected chi connectivity index (χ4v) is 4.81. The Balaban J connectivity index is 1.64. The summed E-state index contributed by atoms with van der Waals surface area (Å²) in [6, 6.07) is 20.4. The van der Waals surface area contributed by atoms with Crippen LogP contribution in [-0.4, -0.2) is 10.9 Å². The number of amides is 1. The molecule has 0 aliphatic carbocycles. The minimum absolute atomic E-state index is 0.286. The van der Waals surface area contributed by atoms with Gasteiger partial charge in [-0.3, -0.25) is 4.79 Å². The predicted octanol–water partition coefficient (Wildman–Crippen LogP) is 7.47. The molecular formula is C24H15BrClN3O2S. The number of benzene rings is 2. The van der Waals surface area contributed by atoms with Gasteiger partial charge in [0, 0.05) is 31.7 Å². The third kappa shape index (κ3) is 3.90. The van der Waals surface area contributed by atoms with Crippen LogP contribution in [0.3, 0.4) is 0 Å². The number of thiophene rings is 1. The van der Waals surface area contributed by atoms with Crippen LogP contribution in [-0.2, 0) is 0 Å². The van der Waals surface area contributed by atoms with Crippen molar-refractivity contribution in [3.05, 3.63) is 87.4 Å².